The number of nitrogens with zero attached hydrogens (tertiary/aromatic N) is 3. The van der Waals surface area contributed by atoms with Gasteiger partial charge in [-0.2, -0.15) is 5.10 Å². The third kappa shape index (κ3) is 3.00. The molecule has 1 aromatic heterocycles. The van der Waals surface area contributed by atoms with E-state index in [0.29, 0.717) is 12.6 Å². The number of carbonyl (C=O) groups is 1. The van der Waals surface area contributed by atoms with Crippen molar-refractivity contribution < 1.29 is 14.3 Å². The van der Waals surface area contributed by atoms with Crippen LogP contribution in [-0.4, -0.2) is 46.5 Å². The number of methoxy groups -OCH3 is 1. The minimum Gasteiger partial charge on any atom is -0.494 e. The molecule has 0 saturated carbocycles. The average Bonchev–Trinajstić information content (AvgIpc) is 3.42. The Labute approximate surface area is 166 Å². The fraction of sp³-hybridized carbons (Fsp3) is 0.545. The normalized spacial score (nSPS) is 26.5. The average molecular weight is 383 g/mol. The van der Waals surface area contributed by atoms with Crippen LogP contribution in [0.5, 0.6) is 5.75 Å². The Balaban J connectivity index is 1.54. The Morgan fingerprint density at radius 2 is 2.11 bits per heavy atom. The van der Waals surface area contributed by atoms with Crippen molar-refractivity contribution in [3.8, 4) is 11.4 Å². The Hall–Kier alpha value is -2.34. The maximum absolute atomic E-state index is 12.8. The zero-order chi connectivity index (χ0) is 19.7. The van der Waals surface area contributed by atoms with Gasteiger partial charge in [0.05, 0.1) is 25.3 Å². The highest BCUT2D eigenvalue weighted by Crippen LogP contribution is 2.52. The Kier molecular flexibility index (Phi) is 5.15. The van der Waals surface area contributed by atoms with E-state index in [0.717, 1.165) is 49.2 Å². The highest BCUT2D eigenvalue weighted by molar-refractivity contribution is 5.78. The quantitative estimate of drug-likeness (QED) is 0.684. The number of benzene rings is 1. The number of para-hydroxylation sites is 2. The molecule has 2 aliphatic heterocycles. The van der Waals surface area contributed by atoms with Crippen molar-refractivity contribution in [1.82, 2.24) is 14.7 Å². The minimum atomic E-state index is -0.350. The van der Waals surface area contributed by atoms with Crippen LogP contribution in [0.15, 0.2) is 36.7 Å². The van der Waals surface area contributed by atoms with E-state index < -0.39 is 0 Å². The Morgan fingerprint density at radius 1 is 1.29 bits per heavy atom. The van der Waals surface area contributed by atoms with Crippen LogP contribution < -0.4 is 4.74 Å². The molecule has 0 radical (unpaired) electrons. The highest BCUT2D eigenvalue weighted by atomic mass is 16.5. The Bertz CT molecular complexity index is 849. The molecule has 6 nitrogen and oxygen atoms in total. The number of esters is 1. The molecule has 2 fully saturated rings. The molecule has 150 valence electrons. The predicted octanol–water partition coefficient (Wildman–Crippen LogP) is 3.58. The third-order valence-corrected chi connectivity index (χ3v) is 6.53. The van der Waals surface area contributed by atoms with Crippen molar-refractivity contribution >= 4 is 5.97 Å². The number of hydrogen-bond acceptors (Lipinski definition) is 5. The molecule has 1 aromatic carbocycles. The molecule has 2 bridgehead atoms. The number of carbonyl (C=O) groups excluding carboxylic acids is 1. The summed E-state index contributed by atoms with van der Waals surface area (Å²) in [7, 11) is 1.67. The number of hydrogen-bond donors (Lipinski definition) is 0. The molecule has 2 aliphatic rings. The number of ether oxygens (including phenoxy) is 2. The van der Waals surface area contributed by atoms with Crippen LogP contribution >= 0.6 is 0 Å². The zero-order valence-electron chi connectivity index (χ0n) is 16.9. The van der Waals surface area contributed by atoms with Crippen molar-refractivity contribution in [1.29, 1.82) is 0 Å². The van der Waals surface area contributed by atoms with E-state index >= 15 is 0 Å². The summed E-state index contributed by atoms with van der Waals surface area (Å²) in [5.74, 6) is 0.783. The lowest BCUT2D eigenvalue weighted by Crippen LogP contribution is -2.43. The molecule has 0 amide bonds. The predicted molar refractivity (Wildman–Crippen MR) is 106 cm³/mol. The zero-order valence-corrected chi connectivity index (χ0v) is 16.9. The molecule has 0 spiro atoms. The number of fused-ring (bicyclic) bond motifs is 2. The van der Waals surface area contributed by atoms with Gasteiger partial charge in [0.1, 0.15) is 11.4 Å². The molecule has 28 heavy (non-hydrogen) atoms. The van der Waals surface area contributed by atoms with Crippen LogP contribution in [0.25, 0.3) is 5.69 Å². The van der Waals surface area contributed by atoms with Crippen molar-refractivity contribution in [2.75, 3.05) is 13.7 Å². The van der Waals surface area contributed by atoms with Gasteiger partial charge < -0.3 is 9.47 Å². The molecule has 3 atom stereocenters. The molecule has 0 unspecified atom stereocenters. The highest BCUT2D eigenvalue weighted by Gasteiger charge is 2.59. The number of aromatic nitrogens is 2. The Morgan fingerprint density at radius 3 is 2.86 bits per heavy atom. The fourth-order valence-corrected chi connectivity index (χ4v) is 5.17. The first kappa shape index (κ1) is 19.0. The largest absolute Gasteiger partial charge is 0.494 e. The molecule has 6 heteroatoms. The standard InChI is InChI=1S/C22H29N3O3/c1-4-22(21(26)28-5-2)12-17-10-11-20(22)24(17)14-16-13-23-25(15-16)18-8-6-7-9-19(18)27-3/h6-9,13,15,17,20H,4-5,10-12,14H2,1-3H3/t17-,20+,22+/m0/s1. The second kappa shape index (κ2) is 7.59. The van der Waals surface area contributed by atoms with Gasteiger partial charge >= 0.3 is 5.97 Å². The van der Waals surface area contributed by atoms with E-state index in [-0.39, 0.29) is 17.4 Å². The molecular weight excluding hydrogens is 354 g/mol. The van der Waals surface area contributed by atoms with Crippen LogP contribution in [0.2, 0.25) is 0 Å². The summed E-state index contributed by atoms with van der Waals surface area (Å²) in [6.45, 7) is 5.27. The summed E-state index contributed by atoms with van der Waals surface area (Å²) < 4.78 is 12.8. The van der Waals surface area contributed by atoms with E-state index in [9.17, 15) is 4.79 Å². The molecule has 2 saturated heterocycles. The summed E-state index contributed by atoms with van der Waals surface area (Å²) in [5.41, 5.74) is 1.73. The summed E-state index contributed by atoms with van der Waals surface area (Å²) in [6.07, 6.45) is 7.96. The fourth-order valence-electron chi connectivity index (χ4n) is 5.17. The van der Waals surface area contributed by atoms with Crippen LogP contribution in [0.3, 0.4) is 0 Å². The van der Waals surface area contributed by atoms with E-state index in [2.05, 4.69) is 23.1 Å². The molecule has 4 rings (SSSR count). The topological polar surface area (TPSA) is 56.6 Å². The number of rotatable bonds is 7. The van der Waals surface area contributed by atoms with Gasteiger partial charge in [-0.15, -0.1) is 0 Å². The van der Waals surface area contributed by atoms with E-state index in [1.165, 1.54) is 0 Å². The maximum Gasteiger partial charge on any atom is 0.313 e. The van der Waals surface area contributed by atoms with Crippen LogP contribution in [-0.2, 0) is 16.1 Å². The van der Waals surface area contributed by atoms with E-state index in [1.807, 2.05) is 42.1 Å². The molecular formula is C22H29N3O3. The molecule has 3 heterocycles. The van der Waals surface area contributed by atoms with Gasteiger partial charge in [0.25, 0.3) is 0 Å². The first-order valence-corrected chi connectivity index (χ1v) is 10.2. The second-order valence-electron chi connectivity index (χ2n) is 7.82. The van der Waals surface area contributed by atoms with Gasteiger partial charge in [-0.1, -0.05) is 19.1 Å². The van der Waals surface area contributed by atoms with Crippen molar-refractivity contribution in [3.05, 3.63) is 42.2 Å². The monoisotopic (exact) mass is 383 g/mol. The van der Waals surface area contributed by atoms with E-state index in [4.69, 9.17) is 9.47 Å². The van der Waals surface area contributed by atoms with Gasteiger partial charge in [-0.3, -0.25) is 9.69 Å². The van der Waals surface area contributed by atoms with Gasteiger partial charge in [-0.05, 0) is 44.7 Å². The molecule has 0 N–H and O–H groups in total. The third-order valence-electron chi connectivity index (χ3n) is 6.53. The minimum absolute atomic E-state index is 0.0144. The van der Waals surface area contributed by atoms with Crippen molar-refractivity contribution in [2.24, 2.45) is 5.41 Å². The lowest BCUT2D eigenvalue weighted by Gasteiger charge is -2.34. The van der Waals surface area contributed by atoms with Gasteiger partial charge in [-0.25, -0.2) is 4.68 Å². The summed E-state index contributed by atoms with van der Waals surface area (Å²) >= 11 is 0. The van der Waals surface area contributed by atoms with E-state index in [1.54, 1.807) is 7.11 Å². The van der Waals surface area contributed by atoms with Crippen LogP contribution in [0, 0.1) is 5.41 Å². The summed E-state index contributed by atoms with van der Waals surface area (Å²) in [4.78, 5) is 15.3. The van der Waals surface area contributed by atoms with Gasteiger partial charge in [0.15, 0.2) is 0 Å². The lowest BCUT2D eigenvalue weighted by molar-refractivity contribution is -0.157. The molecule has 0 aliphatic carbocycles. The van der Waals surface area contributed by atoms with Gasteiger partial charge in [0.2, 0.25) is 0 Å². The smallest absolute Gasteiger partial charge is 0.313 e. The molecule has 2 aromatic rings. The first-order valence-electron chi connectivity index (χ1n) is 10.2. The maximum atomic E-state index is 12.8. The van der Waals surface area contributed by atoms with Crippen LogP contribution in [0.4, 0.5) is 0 Å². The first-order chi connectivity index (χ1) is 13.6. The summed E-state index contributed by atoms with van der Waals surface area (Å²) in [6, 6.07) is 8.58. The van der Waals surface area contributed by atoms with Crippen molar-refractivity contribution in [3.63, 3.8) is 0 Å². The summed E-state index contributed by atoms with van der Waals surface area (Å²) in [5, 5.41) is 4.55. The van der Waals surface area contributed by atoms with Gasteiger partial charge in [0, 0.05) is 30.4 Å². The SMILES string of the molecule is CCOC(=O)[C@]1(CC)C[C@@H]2CC[C@H]1N2Cc1cnn(-c2ccccc2OC)c1. The lowest BCUT2D eigenvalue weighted by atomic mass is 9.72. The van der Waals surface area contributed by atoms with Crippen molar-refractivity contribution in [2.45, 2.75) is 58.2 Å². The second-order valence-corrected chi connectivity index (χ2v) is 7.82. The van der Waals surface area contributed by atoms with Crippen LogP contribution in [0.1, 0.15) is 45.1 Å².